The van der Waals surface area contributed by atoms with Crippen molar-refractivity contribution in [2.75, 3.05) is 44.3 Å². The Morgan fingerprint density at radius 2 is 1.66 bits per heavy atom. The first kappa shape index (κ1) is 22.5. The van der Waals surface area contributed by atoms with Crippen LogP contribution in [0.5, 0.6) is 0 Å². The maximum absolute atomic E-state index is 6.13. The van der Waals surface area contributed by atoms with Crippen LogP contribution in [0.25, 0.3) is 0 Å². The fourth-order valence-corrected chi connectivity index (χ4v) is 4.38. The number of pyridine rings is 1. The molecule has 0 saturated carbocycles. The molecule has 164 valence electrons. The van der Waals surface area contributed by atoms with Gasteiger partial charge in [0.2, 0.25) is 0 Å². The Hall–Kier alpha value is -1.17. The Morgan fingerprint density at radius 3 is 2.21 bits per heavy atom. The van der Waals surface area contributed by atoms with E-state index in [-0.39, 0.29) is 6.29 Å². The standard InChI is InChI=1S/C24H41N3O2/c1-3-5-17-28-24(29-18-6-4-2)21-11-15-27(16-12-21)22-7-8-23(26-19-22)20-9-13-25-14-10-20/h7-8,19-21,24-25H,3-6,9-18H2,1-2H3. The van der Waals surface area contributed by atoms with Crippen molar-refractivity contribution in [2.45, 2.75) is 77.4 Å². The molecule has 2 saturated heterocycles. The van der Waals surface area contributed by atoms with Crippen LogP contribution in [0, 0.1) is 5.92 Å². The molecule has 3 rings (SSSR count). The van der Waals surface area contributed by atoms with Crippen molar-refractivity contribution >= 4 is 5.69 Å². The number of aromatic nitrogens is 1. The lowest BCUT2D eigenvalue weighted by atomic mass is 9.93. The molecule has 0 bridgehead atoms. The molecular weight excluding hydrogens is 362 g/mol. The molecule has 0 aromatic carbocycles. The van der Waals surface area contributed by atoms with Crippen molar-refractivity contribution in [1.82, 2.24) is 10.3 Å². The maximum Gasteiger partial charge on any atom is 0.160 e. The van der Waals surface area contributed by atoms with Crippen molar-refractivity contribution in [1.29, 1.82) is 0 Å². The molecule has 5 heteroatoms. The van der Waals surface area contributed by atoms with Crippen molar-refractivity contribution in [3.63, 3.8) is 0 Å². The first-order valence-electron chi connectivity index (χ1n) is 12.0. The van der Waals surface area contributed by atoms with Crippen LogP contribution in [0.1, 0.15) is 76.8 Å². The van der Waals surface area contributed by atoms with E-state index < -0.39 is 0 Å². The minimum Gasteiger partial charge on any atom is -0.370 e. The summed E-state index contributed by atoms with van der Waals surface area (Å²) >= 11 is 0. The van der Waals surface area contributed by atoms with Gasteiger partial charge in [0.1, 0.15) is 0 Å². The van der Waals surface area contributed by atoms with Gasteiger partial charge in [-0.25, -0.2) is 0 Å². The Bertz CT molecular complexity index is 542. The lowest BCUT2D eigenvalue weighted by Gasteiger charge is -2.37. The summed E-state index contributed by atoms with van der Waals surface area (Å²) in [6.07, 6.45) is 11.3. The number of unbranched alkanes of at least 4 members (excludes halogenated alkanes) is 2. The summed E-state index contributed by atoms with van der Waals surface area (Å²) < 4.78 is 12.3. The summed E-state index contributed by atoms with van der Waals surface area (Å²) in [7, 11) is 0. The van der Waals surface area contributed by atoms with Gasteiger partial charge in [-0.15, -0.1) is 0 Å². The first-order valence-corrected chi connectivity index (χ1v) is 12.0. The van der Waals surface area contributed by atoms with E-state index in [9.17, 15) is 0 Å². The Kier molecular flexibility index (Phi) is 9.71. The summed E-state index contributed by atoms with van der Waals surface area (Å²) in [5.74, 6) is 1.12. The zero-order chi connectivity index (χ0) is 20.3. The molecule has 0 unspecified atom stereocenters. The molecule has 1 aromatic heterocycles. The highest BCUT2D eigenvalue weighted by atomic mass is 16.7. The van der Waals surface area contributed by atoms with Gasteiger partial charge in [-0.05, 0) is 63.7 Å². The van der Waals surface area contributed by atoms with Gasteiger partial charge in [0.25, 0.3) is 0 Å². The summed E-state index contributed by atoms with van der Waals surface area (Å²) in [5, 5.41) is 3.44. The number of piperidine rings is 2. The van der Waals surface area contributed by atoms with Gasteiger partial charge in [0, 0.05) is 43.8 Å². The van der Waals surface area contributed by atoms with Crippen LogP contribution < -0.4 is 10.2 Å². The Balaban J connectivity index is 1.49. The van der Waals surface area contributed by atoms with Gasteiger partial charge < -0.3 is 19.7 Å². The quantitative estimate of drug-likeness (QED) is 0.428. The predicted molar refractivity (Wildman–Crippen MR) is 120 cm³/mol. The van der Waals surface area contributed by atoms with Crippen molar-refractivity contribution in [3.8, 4) is 0 Å². The third-order valence-electron chi connectivity index (χ3n) is 6.38. The van der Waals surface area contributed by atoms with E-state index in [2.05, 4.69) is 42.4 Å². The smallest absolute Gasteiger partial charge is 0.160 e. The predicted octanol–water partition coefficient (Wildman–Crippen LogP) is 4.72. The molecular formula is C24H41N3O2. The minimum absolute atomic E-state index is 0.0318. The average Bonchev–Trinajstić information content (AvgIpc) is 2.79. The molecule has 0 spiro atoms. The molecule has 2 aliphatic heterocycles. The van der Waals surface area contributed by atoms with Gasteiger partial charge in [0.15, 0.2) is 6.29 Å². The van der Waals surface area contributed by atoms with E-state index in [1.165, 1.54) is 37.1 Å². The number of rotatable bonds is 11. The second-order valence-electron chi connectivity index (χ2n) is 8.61. The number of hydrogen-bond donors (Lipinski definition) is 1. The zero-order valence-electron chi connectivity index (χ0n) is 18.6. The van der Waals surface area contributed by atoms with Crippen LogP contribution in [-0.2, 0) is 9.47 Å². The van der Waals surface area contributed by atoms with Gasteiger partial charge in [-0.3, -0.25) is 4.98 Å². The van der Waals surface area contributed by atoms with E-state index >= 15 is 0 Å². The first-order chi connectivity index (χ1) is 14.3. The molecule has 0 amide bonds. The van der Waals surface area contributed by atoms with Crippen LogP contribution in [0.3, 0.4) is 0 Å². The fraction of sp³-hybridized carbons (Fsp3) is 0.792. The maximum atomic E-state index is 6.13. The lowest BCUT2D eigenvalue weighted by molar-refractivity contribution is -0.177. The highest BCUT2D eigenvalue weighted by Gasteiger charge is 2.28. The van der Waals surface area contributed by atoms with Gasteiger partial charge in [-0.1, -0.05) is 26.7 Å². The Morgan fingerprint density at radius 1 is 1.00 bits per heavy atom. The highest BCUT2D eigenvalue weighted by molar-refractivity contribution is 5.45. The van der Waals surface area contributed by atoms with Crippen LogP contribution in [0.15, 0.2) is 18.3 Å². The van der Waals surface area contributed by atoms with Crippen LogP contribution >= 0.6 is 0 Å². The molecule has 0 aliphatic carbocycles. The molecule has 1 N–H and O–H groups in total. The van der Waals surface area contributed by atoms with Crippen LogP contribution in [-0.4, -0.2) is 50.7 Å². The van der Waals surface area contributed by atoms with E-state index in [1.807, 2.05) is 0 Å². The topological polar surface area (TPSA) is 46.6 Å². The van der Waals surface area contributed by atoms with E-state index in [1.54, 1.807) is 0 Å². The third kappa shape index (κ3) is 6.94. The second kappa shape index (κ2) is 12.5. The molecule has 1 aromatic rings. The van der Waals surface area contributed by atoms with Crippen molar-refractivity contribution < 1.29 is 9.47 Å². The van der Waals surface area contributed by atoms with Crippen LogP contribution in [0.2, 0.25) is 0 Å². The van der Waals surface area contributed by atoms with Crippen LogP contribution in [0.4, 0.5) is 5.69 Å². The van der Waals surface area contributed by atoms with Crippen molar-refractivity contribution in [3.05, 3.63) is 24.0 Å². The summed E-state index contributed by atoms with van der Waals surface area (Å²) in [5.41, 5.74) is 2.52. The molecule has 2 aliphatic rings. The van der Waals surface area contributed by atoms with E-state index in [4.69, 9.17) is 14.5 Å². The SMILES string of the molecule is CCCCOC(OCCCC)C1CCN(c2ccc(C3CCNCC3)nc2)CC1. The highest BCUT2D eigenvalue weighted by Crippen LogP contribution is 2.29. The summed E-state index contributed by atoms with van der Waals surface area (Å²) in [6, 6.07) is 4.53. The van der Waals surface area contributed by atoms with E-state index in [0.717, 1.165) is 65.1 Å². The van der Waals surface area contributed by atoms with E-state index in [0.29, 0.717) is 11.8 Å². The molecule has 3 heterocycles. The number of hydrogen-bond acceptors (Lipinski definition) is 5. The fourth-order valence-electron chi connectivity index (χ4n) is 4.38. The zero-order valence-corrected chi connectivity index (χ0v) is 18.6. The summed E-state index contributed by atoms with van der Waals surface area (Å²) in [6.45, 7) is 10.4. The number of ether oxygens (including phenoxy) is 2. The molecule has 0 radical (unpaired) electrons. The number of nitrogens with zero attached hydrogens (tertiary/aromatic N) is 2. The van der Waals surface area contributed by atoms with Gasteiger partial charge in [-0.2, -0.15) is 0 Å². The number of anilines is 1. The molecule has 2 fully saturated rings. The van der Waals surface area contributed by atoms with Gasteiger partial charge >= 0.3 is 0 Å². The Labute approximate surface area is 177 Å². The monoisotopic (exact) mass is 403 g/mol. The average molecular weight is 404 g/mol. The molecule has 5 nitrogen and oxygen atoms in total. The summed E-state index contributed by atoms with van der Waals surface area (Å²) in [4.78, 5) is 7.29. The second-order valence-corrected chi connectivity index (χ2v) is 8.61. The molecule has 29 heavy (non-hydrogen) atoms. The lowest BCUT2D eigenvalue weighted by Crippen LogP contribution is -2.40. The minimum atomic E-state index is -0.0318. The van der Waals surface area contributed by atoms with Gasteiger partial charge in [0.05, 0.1) is 11.9 Å². The largest absolute Gasteiger partial charge is 0.370 e. The number of nitrogens with one attached hydrogen (secondary N) is 1. The normalized spacial score (nSPS) is 19.2. The third-order valence-corrected chi connectivity index (χ3v) is 6.38. The molecule has 0 atom stereocenters. The van der Waals surface area contributed by atoms with Crippen molar-refractivity contribution in [2.24, 2.45) is 5.92 Å².